The summed E-state index contributed by atoms with van der Waals surface area (Å²) in [6.07, 6.45) is 5.54. The molecule has 1 N–H and O–H groups in total. The van der Waals surface area contributed by atoms with Gasteiger partial charge in [-0.2, -0.15) is 0 Å². The zero-order chi connectivity index (χ0) is 12.3. The molecule has 0 aromatic heterocycles. The average molecular weight is 273 g/mol. The van der Waals surface area contributed by atoms with Gasteiger partial charge in [-0.15, -0.1) is 0 Å². The summed E-state index contributed by atoms with van der Waals surface area (Å²) in [6, 6.07) is 0. The molecular weight excluding hydrogens is 254 g/mol. The van der Waals surface area contributed by atoms with Crippen molar-refractivity contribution in [1.82, 2.24) is 4.90 Å². The van der Waals surface area contributed by atoms with Gasteiger partial charge in [0.25, 0.3) is 0 Å². The van der Waals surface area contributed by atoms with Gasteiger partial charge in [-0.1, -0.05) is 43.2 Å². The van der Waals surface area contributed by atoms with Gasteiger partial charge in [0.1, 0.15) is 4.32 Å². The number of hydrogen-bond donors (Lipinski definition) is 1. The van der Waals surface area contributed by atoms with E-state index in [2.05, 4.69) is 0 Å². The van der Waals surface area contributed by atoms with Crippen LogP contribution in [0.5, 0.6) is 0 Å². The molecule has 0 aromatic rings. The molecular formula is C12H19NO2S2. The summed E-state index contributed by atoms with van der Waals surface area (Å²) in [5, 5.41) is 10.1. The van der Waals surface area contributed by atoms with Gasteiger partial charge < -0.3 is 5.11 Å². The molecule has 0 aromatic carbocycles. The summed E-state index contributed by atoms with van der Waals surface area (Å²) in [5.41, 5.74) is 0. The van der Waals surface area contributed by atoms with E-state index in [4.69, 9.17) is 12.2 Å². The van der Waals surface area contributed by atoms with Crippen LogP contribution in [0.25, 0.3) is 0 Å². The van der Waals surface area contributed by atoms with Crippen molar-refractivity contribution in [3.8, 4) is 0 Å². The molecule has 2 rings (SSSR count). The van der Waals surface area contributed by atoms with Crippen LogP contribution >= 0.6 is 24.0 Å². The molecule has 96 valence electrons. The summed E-state index contributed by atoms with van der Waals surface area (Å²) < 4.78 is 0.672. The quantitative estimate of drug-likeness (QED) is 0.800. The molecule has 1 saturated carbocycles. The van der Waals surface area contributed by atoms with E-state index in [9.17, 15) is 9.90 Å². The minimum atomic E-state index is -0.476. The van der Waals surface area contributed by atoms with Crippen LogP contribution in [0.1, 0.15) is 38.5 Å². The second kappa shape index (κ2) is 6.16. The molecule has 0 spiro atoms. The lowest BCUT2D eigenvalue weighted by atomic mass is 9.84. The van der Waals surface area contributed by atoms with Crippen molar-refractivity contribution in [3.05, 3.63) is 0 Å². The number of thiocarbonyl (C=S) groups is 1. The van der Waals surface area contributed by atoms with E-state index in [1.165, 1.54) is 19.3 Å². The lowest BCUT2D eigenvalue weighted by molar-refractivity contribution is -0.129. The van der Waals surface area contributed by atoms with Gasteiger partial charge >= 0.3 is 0 Å². The molecule has 1 atom stereocenters. The minimum Gasteiger partial charge on any atom is -0.392 e. The van der Waals surface area contributed by atoms with E-state index in [0.29, 0.717) is 16.8 Å². The Labute approximate surface area is 112 Å². The van der Waals surface area contributed by atoms with Gasteiger partial charge in [-0.05, 0) is 18.8 Å². The molecule has 0 unspecified atom stereocenters. The van der Waals surface area contributed by atoms with Crippen molar-refractivity contribution >= 4 is 34.2 Å². The van der Waals surface area contributed by atoms with Crippen LogP contribution in [0, 0.1) is 5.92 Å². The third-order valence-electron chi connectivity index (χ3n) is 3.64. The number of amides is 1. The number of carbonyl (C=O) groups excluding carboxylic acids is 1. The lowest BCUT2D eigenvalue weighted by Crippen LogP contribution is -2.35. The highest BCUT2D eigenvalue weighted by Crippen LogP contribution is 2.28. The first-order valence-electron chi connectivity index (χ1n) is 6.33. The Hall–Kier alpha value is -0.130. The van der Waals surface area contributed by atoms with E-state index in [1.807, 2.05) is 0 Å². The number of aliphatic hydroxyl groups is 1. The van der Waals surface area contributed by atoms with Gasteiger partial charge in [-0.3, -0.25) is 9.69 Å². The number of rotatable bonds is 3. The predicted octanol–water partition coefficient (Wildman–Crippen LogP) is 2.18. The molecule has 1 saturated heterocycles. The molecule has 1 aliphatic carbocycles. The lowest BCUT2D eigenvalue weighted by Gasteiger charge is -2.27. The fourth-order valence-corrected chi connectivity index (χ4v) is 3.84. The van der Waals surface area contributed by atoms with E-state index in [1.54, 1.807) is 16.7 Å². The molecule has 3 nitrogen and oxygen atoms in total. The van der Waals surface area contributed by atoms with E-state index >= 15 is 0 Å². The maximum Gasteiger partial charge on any atom is 0.230 e. The Morgan fingerprint density at radius 3 is 2.76 bits per heavy atom. The SMILES string of the molecule is O=C(C[C@H](O)C1CCCCC1)N1CCSC1=S. The van der Waals surface area contributed by atoms with Crippen LogP contribution < -0.4 is 0 Å². The zero-order valence-electron chi connectivity index (χ0n) is 9.93. The van der Waals surface area contributed by atoms with Crippen LogP contribution in [0.4, 0.5) is 0 Å². The maximum absolute atomic E-state index is 12.0. The zero-order valence-corrected chi connectivity index (χ0v) is 11.6. The Balaban J connectivity index is 1.82. The van der Waals surface area contributed by atoms with Crippen LogP contribution in [0.2, 0.25) is 0 Å². The van der Waals surface area contributed by atoms with E-state index < -0.39 is 6.10 Å². The largest absolute Gasteiger partial charge is 0.392 e. The molecule has 1 aliphatic heterocycles. The molecule has 2 aliphatic rings. The molecule has 17 heavy (non-hydrogen) atoms. The summed E-state index contributed by atoms with van der Waals surface area (Å²) in [5.74, 6) is 1.21. The topological polar surface area (TPSA) is 40.5 Å². The second-order valence-corrected chi connectivity index (χ2v) is 6.56. The van der Waals surface area contributed by atoms with Crippen molar-refractivity contribution in [1.29, 1.82) is 0 Å². The smallest absolute Gasteiger partial charge is 0.230 e. The van der Waals surface area contributed by atoms with Crippen LogP contribution in [0.15, 0.2) is 0 Å². The van der Waals surface area contributed by atoms with Gasteiger partial charge in [-0.25, -0.2) is 0 Å². The minimum absolute atomic E-state index is 0.00178. The van der Waals surface area contributed by atoms with Gasteiger partial charge in [0.15, 0.2) is 0 Å². The molecule has 1 heterocycles. The normalized spacial score (nSPS) is 24.1. The summed E-state index contributed by atoms with van der Waals surface area (Å²) in [6.45, 7) is 0.708. The first-order chi connectivity index (χ1) is 8.18. The van der Waals surface area contributed by atoms with Crippen molar-refractivity contribution in [2.45, 2.75) is 44.6 Å². The molecule has 2 fully saturated rings. The standard InChI is InChI=1S/C12H19NO2S2/c14-10(9-4-2-1-3-5-9)8-11(15)13-6-7-17-12(13)16/h9-10,14H,1-8H2/t10-/m0/s1. The summed E-state index contributed by atoms with van der Waals surface area (Å²) in [4.78, 5) is 13.6. The first-order valence-corrected chi connectivity index (χ1v) is 7.73. The molecule has 0 bridgehead atoms. The van der Waals surface area contributed by atoms with E-state index in [0.717, 1.165) is 18.6 Å². The first kappa shape index (κ1) is 13.3. The average Bonchev–Trinajstić information content (AvgIpc) is 2.76. The van der Waals surface area contributed by atoms with Gasteiger partial charge in [0, 0.05) is 12.3 Å². The van der Waals surface area contributed by atoms with Crippen molar-refractivity contribution in [2.75, 3.05) is 12.3 Å². The summed E-state index contributed by atoms with van der Waals surface area (Å²) in [7, 11) is 0. The Morgan fingerprint density at radius 2 is 2.18 bits per heavy atom. The van der Waals surface area contributed by atoms with Crippen molar-refractivity contribution in [3.63, 3.8) is 0 Å². The van der Waals surface area contributed by atoms with Crippen molar-refractivity contribution < 1.29 is 9.90 Å². The Kier molecular flexibility index (Phi) is 4.82. The number of hydrogen-bond acceptors (Lipinski definition) is 4. The third-order valence-corrected chi connectivity index (χ3v) is 5.07. The number of nitrogens with zero attached hydrogens (tertiary/aromatic N) is 1. The van der Waals surface area contributed by atoms with Crippen LogP contribution in [-0.2, 0) is 4.79 Å². The van der Waals surface area contributed by atoms with Crippen LogP contribution in [0.3, 0.4) is 0 Å². The predicted molar refractivity (Wildman–Crippen MR) is 74.0 cm³/mol. The van der Waals surface area contributed by atoms with Gasteiger partial charge in [0.2, 0.25) is 5.91 Å². The highest BCUT2D eigenvalue weighted by Gasteiger charge is 2.29. The summed E-state index contributed by atoms with van der Waals surface area (Å²) >= 11 is 6.66. The Bertz CT molecular complexity index is 303. The van der Waals surface area contributed by atoms with E-state index in [-0.39, 0.29) is 12.3 Å². The fourth-order valence-electron chi connectivity index (χ4n) is 2.59. The van der Waals surface area contributed by atoms with Crippen LogP contribution in [-0.4, -0.2) is 38.6 Å². The highest BCUT2D eigenvalue weighted by molar-refractivity contribution is 8.23. The van der Waals surface area contributed by atoms with Gasteiger partial charge in [0.05, 0.1) is 12.5 Å². The monoisotopic (exact) mass is 273 g/mol. The van der Waals surface area contributed by atoms with Crippen molar-refractivity contribution in [2.24, 2.45) is 5.92 Å². The highest BCUT2D eigenvalue weighted by atomic mass is 32.2. The second-order valence-electron chi connectivity index (χ2n) is 4.83. The number of carbonyl (C=O) groups is 1. The Morgan fingerprint density at radius 1 is 1.47 bits per heavy atom. The maximum atomic E-state index is 12.0. The number of thioether (sulfide) groups is 1. The molecule has 0 radical (unpaired) electrons. The third kappa shape index (κ3) is 3.42. The molecule has 1 amide bonds. The number of aliphatic hydroxyl groups excluding tert-OH is 1. The molecule has 5 heteroatoms. The fraction of sp³-hybridized carbons (Fsp3) is 0.833.